The Morgan fingerprint density at radius 3 is 2.45 bits per heavy atom. The molecule has 7 rings (SSSR count). The Labute approximate surface area is 273 Å². The van der Waals surface area contributed by atoms with Crippen LogP contribution < -0.4 is 5.32 Å². The number of ether oxygens (including phenoxy) is 1. The predicted molar refractivity (Wildman–Crippen MR) is 166 cm³/mol. The molecule has 4 amide bonds. The summed E-state index contributed by atoms with van der Waals surface area (Å²) in [4.78, 5) is 78.1. The van der Waals surface area contributed by atoms with E-state index in [1.807, 2.05) is 6.92 Å². The molecule has 254 valence electrons. The molecule has 0 spiro atoms. The van der Waals surface area contributed by atoms with Gasteiger partial charge < -0.3 is 34.5 Å². The number of fused-ring (bicyclic) bond motifs is 3. The summed E-state index contributed by atoms with van der Waals surface area (Å²) in [6, 6.07) is 2.86. The van der Waals surface area contributed by atoms with Crippen LogP contribution in [0.2, 0.25) is 0 Å². The second-order valence-electron chi connectivity index (χ2n) is 13.9. The van der Waals surface area contributed by atoms with Crippen molar-refractivity contribution < 1.29 is 47.0 Å². The minimum atomic E-state index is -5.76. The molecule has 47 heavy (non-hydrogen) atoms. The Kier molecular flexibility index (Phi) is 8.02. The summed E-state index contributed by atoms with van der Waals surface area (Å²) in [7, 11) is -5.76. The summed E-state index contributed by atoms with van der Waals surface area (Å²) in [5.74, 6) is -0.374. The first-order valence-corrected chi connectivity index (χ1v) is 18.4. The van der Waals surface area contributed by atoms with E-state index in [-0.39, 0.29) is 53.0 Å². The predicted octanol–water partition coefficient (Wildman–Crippen LogP) is 2.72. The molecule has 1 saturated carbocycles. The van der Waals surface area contributed by atoms with Gasteiger partial charge in [-0.2, -0.15) is 8.78 Å². The van der Waals surface area contributed by atoms with E-state index in [0.29, 0.717) is 56.2 Å². The van der Waals surface area contributed by atoms with Crippen LogP contribution in [0.3, 0.4) is 0 Å². The molecule has 2 aromatic rings. The summed E-state index contributed by atoms with van der Waals surface area (Å²) in [6.45, 7) is 4.47. The molecule has 4 saturated heterocycles. The molecule has 12 nitrogen and oxygen atoms in total. The van der Waals surface area contributed by atoms with Crippen LogP contribution in [-0.2, 0) is 29.3 Å². The van der Waals surface area contributed by atoms with Crippen molar-refractivity contribution in [2.45, 2.75) is 62.8 Å². The molecule has 5 atom stereocenters. The lowest BCUT2D eigenvalue weighted by Crippen LogP contribution is -2.67. The average molecular weight is 695 g/mol. The number of carbonyl (C=O) groups excluding carboxylic acids is 4. The number of alkyl halides is 2. The van der Waals surface area contributed by atoms with E-state index in [1.165, 1.54) is 12.1 Å². The van der Waals surface area contributed by atoms with Crippen LogP contribution in [0.25, 0.3) is 10.1 Å². The number of amides is 4. The van der Waals surface area contributed by atoms with Crippen molar-refractivity contribution >= 4 is 52.6 Å². The highest BCUT2D eigenvalue weighted by molar-refractivity contribution is 7.52. The molecule has 0 radical (unpaired) electrons. The maximum absolute atomic E-state index is 14.3. The minimum absolute atomic E-state index is 0.00648. The summed E-state index contributed by atoms with van der Waals surface area (Å²) >= 11 is 1.02. The molecular formula is C31H37F2N4O8PS. The van der Waals surface area contributed by atoms with Gasteiger partial charge in [-0.25, -0.2) is 0 Å². The van der Waals surface area contributed by atoms with Crippen LogP contribution in [-0.4, -0.2) is 106 Å². The second-order valence-corrected chi connectivity index (χ2v) is 16.6. The van der Waals surface area contributed by atoms with Crippen molar-refractivity contribution in [3.63, 3.8) is 0 Å². The molecule has 4 aliphatic heterocycles. The van der Waals surface area contributed by atoms with Crippen molar-refractivity contribution in [3.05, 3.63) is 34.7 Å². The van der Waals surface area contributed by atoms with E-state index in [9.17, 15) is 32.5 Å². The number of hydrogen-bond acceptors (Lipinski definition) is 7. The minimum Gasteiger partial charge on any atom is -0.378 e. The first kappa shape index (κ1) is 32.6. The van der Waals surface area contributed by atoms with Crippen LogP contribution in [0, 0.1) is 17.3 Å². The van der Waals surface area contributed by atoms with Gasteiger partial charge in [0.25, 0.3) is 5.91 Å². The summed E-state index contributed by atoms with van der Waals surface area (Å²) < 4.78 is 45.8. The topological polar surface area (TPSA) is 157 Å². The van der Waals surface area contributed by atoms with Gasteiger partial charge in [-0.15, -0.1) is 11.3 Å². The first-order chi connectivity index (χ1) is 22.2. The molecule has 0 bridgehead atoms. The molecule has 5 fully saturated rings. The molecule has 3 N–H and O–H groups in total. The monoisotopic (exact) mass is 694 g/mol. The van der Waals surface area contributed by atoms with Gasteiger partial charge >= 0.3 is 13.3 Å². The van der Waals surface area contributed by atoms with E-state index < -0.39 is 42.2 Å². The summed E-state index contributed by atoms with van der Waals surface area (Å²) in [6.07, 6.45) is 3.37. The number of thiophene rings is 1. The lowest BCUT2D eigenvalue weighted by molar-refractivity contribution is -0.165. The van der Waals surface area contributed by atoms with Crippen molar-refractivity contribution in [3.8, 4) is 0 Å². The Morgan fingerprint density at radius 1 is 1.04 bits per heavy atom. The SMILES string of the molecule is CC1(C(=O)N2CCOCC2)CN(C(=O)[C@@H]2CC[C@@H]3C[C@H]4C[C@H]4C[C@H](NC(=O)c4cc5cc(C(F)(F)P(=O)(O)O)ccc5s4)C(=O)N32)C1. The van der Waals surface area contributed by atoms with Gasteiger partial charge in [-0.1, -0.05) is 6.07 Å². The standard InChI is InChI=1S/C31H37F2N4O8PS/c1-30(29(41)35-6-8-45-9-7-35)15-36(16-30)28(40)23-4-3-21-12-17-10-18(17)13-22(27(39)37(21)23)34-26(38)25-14-19-11-20(2-5-24(19)47-25)31(32,33)46(42,43)44/h2,5,11,14,17-18,21-23H,3-4,6-10,12-13,15-16H2,1H3,(H,34,38)(H2,42,43,44)/t17-,18+,21-,22+,23+/m1/s1. The number of rotatable bonds is 6. The average Bonchev–Trinajstić information content (AvgIpc) is 3.39. The fraction of sp³-hybridized carbons (Fsp3) is 0.613. The second kappa shape index (κ2) is 11.6. The molecule has 1 aromatic carbocycles. The first-order valence-electron chi connectivity index (χ1n) is 15.9. The lowest BCUT2D eigenvalue weighted by Gasteiger charge is -2.50. The van der Waals surface area contributed by atoms with Gasteiger partial charge in [0, 0.05) is 42.5 Å². The number of morpholine rings is 1. The Balaban J connectivity index is 1.06. The van der Waals surface area contributed by atoms with Crippen LogP contribution in [0.4, 0.5) is 8.78 Å². The fourth-order valence-corrected chi connectivity index (χ4v) is 9.24. The van der Waals surface area contributed by atoms with Crippen LogP contribution in [0.1, 0.15) is 54.3 Å². The smallest absolute Gasteiger partial charge is 0.378 e. The Hall–Kier alpha value is -2.97. The molecule has 16 heteroatoms. The van der Waals surface area contributed by atoms with Crippen molar-refractivity contribution in [2.75, 3.05) is 39.4 Å². The number of likely N-dealkylation sites (tertiary alicyclic amines) is 1. The van der Waals surface area contributed by atoms with E-state index in [1.54, 1.807) is 14.7 Å². The van der Waals surface area contributed by atoms with Gasteiger partial charge in [0.15, 0.2) is 0 Å². The number of halogens is 2. The third-order valence-electron chi connectivity index (χ3n) is 10.5. The highest BCUT2D eigenvalue weighted by atomic mass is 32.1. The van der Waals surface area contributed by atoms with Crippen LogP contribution >= 0.6 is 18.9 Å². The molecule has 1 aliphatic carbocycles. The van der Waals surface area contributed by atoms with Gasteiger partial charge in [0.05, 0.1) is 23.5 Å². The highest BCUT2D eigenvalue weighted by Crippen LogP contribution is 2.59. The van der Waals surface area contributed by atoms with E-state index in [2.05, 4.69) is 5.32 Å². The van der Waals surface area contributed by atoms with Crippen LogP contribution in [0.5, 0.6) is 0 Å². The number of hydrogen-bond donors (Lipinski definition) is 3. The van der Waals surface area contributed by atoms with Gasteiger partial charge in [0.2, 0.25) is 17.7 Å². The zero-order valence-electron chi connectivity index (χ0n) is 25.8. The third-order valence-corrected chi connectivity index (χ3v) is 12.6. The fourth-order valence-electron chi connectivity index (χ4n) is 7.82. The Bertz CT molecular complexity index is 1690. The normalized spacial score (nSPS) is 29.0. The third kappa shape index (κ3) is 5.77. The number of benzene rings is 1. The van der Waals surface area contributed by atoms with Crippen molar-refractivity contribution in [1.82, 2.24) is 20.0 Å². The molecule has 0 unspecified atom stereocenters. The van der Waals surface area contributed by atoms with E-state index >= 15 is 0 Å². The van der Waals surface area contributed by atoms with Crippen molar-refractivity contribution in [2.24, 2.45) is 17.3 Å². The lowest BCUT2D eigenvalue weighted by atomic mass is 9.79. The number of carbonyl (C=O) groups is 4. The van der Waals surface area contributed by atoms with E-state index in [0.717, 1.165) is 36.3 Å². The summed E-state index contributed by atoms with van der Waals surface area (Å²) in [5.41, 5.74) is -5.92. The highest BCUT2D eigenvalue weighted by Gasteiger charge is 2.55. The van der Waals surface area contributed by atoms with Crippen molar-refractivity contribution in [1.29, 1.82) is 0 Å². The maximum Gasteiger partial charge on any atom is 0.399 e. The quantitative estimate of drug-likeness (QED) is 0.390. The maximum atomic E-state index is 14.3. The summed E-state index contributed by atoms with van der Waals surface area (Å²) in [5, 5.41) is 3.07. The van der Waals surface area contributed by atoms with Gasteiger partial charge in [-0.05, 0) is 74.4 Å². The Morgan fingerprint density at radius 2 is 1.74 bits per heavy atom. The molecule has 5 aliphatic rings. The molecule has 5 heterocycles. The van der Waals surface area contributed by atoms with E-state index in [4.69, 9.17) is 14.5 Å². The number of nitrogens with zero attached hydrogens (tertiary/aromatic N) is 3. The zero-order chi connectivity index (χ0) is 33.5. The van der Waals surface area contributed by atoms with Gasteiger partial charge in [0.1, 0.15) is 12.1 Å². The molecule has 1 aromatic heterocycles. The van der Waals surface area contributed by atoms with Crippen LogP contribution in [0.15, 0.2) is 24.3 Å². The van der Waals surface area contributed by atoms with Gasteiger partial charge in [-0.3, -0.25) is 23.7 Å². The largest absolute Gasteiger partial charge is 0.399 e. The number of nitrogens with one attached hydrogen (secondary N) is 1. The molecular weight excluding hydrogens is 657 g/mol. The zero-order valence-corrected chi connectivity index (χ0v) is 27.5.